The summed E-state index contributed by atoms with van der Waals surface area (Å²) in [6.45, 7) is 13.9. The van der Waals surface area contributed by atoms with Crippen molar-refractivity contribution in [2.45, 2.75) is 73.6 Å². The van der Waals surface area contributed by atoms with Crippen molar-refractivity contribution in [3.63, 3.8) is 0 Å². The number of rotatable bonds is 7. The molecule has 1 atom stereocenters. The summed E-state index contributed by atoms with van der Waals surface area (Å²) in [6, 6.07) is 0. The maximum Gasteiger partial charge on any atom is -0.0144 e. The predicted molar refractivity (Wildman–Crippen MR) is 71.1 cm³/mol. The molecule has 0 heterocycles. The second kappa shape index (κ2) is 7.09. The van der Waals surface area contributed by atoms with Gasteiger partial charge in [-0.3, -0.25) is 0 Å². The highest BCUT2D eigenvalue weighted by atomic mass is 14.3. The van der Waals surface area contributed by atoms with Crippen molar-refractivity contribution in [3.05, 3.63) is 11.6 Å². The lowest BCUT2D eigenvalue weighted by molar-refractivity contribution is 0.319. The molecule has 0 aliphatic rings. The smallest absolute Gasteiger partial charge is 0.0144 e. The van der Waals surface area contributed by atoms with Gasteiger partial charge in [0.1, 0.15) is 0 Å². The van der Waals surface area contributed by atoms with E-state index in [1.165, 1.54) is 32.1 Å². The molecule has 15 heavy (non-hydrogen) atoms. The molecule has 0 N–H and O–H groups in total. The van der Waals surface area contributed by atoms with Gasteiger partial charge in [-0.1, -0.05) is 59.6 Å². The summed E-state index contributed by atoms with van der Waals surface area (Å²) in [5, 5.41) is 0. The molecular weight excluding hydrogens is 180 g/mol. The van der Waals surface area contributed by atoms with Crippen molar-refractivity contribution in [3.8, 4) is 0 Å². The van der Waals surface area contributed by atoms with Gasteiger partial charge in [-0.25, -0.2) is 0 Å². The molecule has 0 aliphatic carbocycles. The van der Waals surface area contributed by atoms with Crippen LogP contribution in [0.15, 0.2) is 11.6 Å². The number of hydrogen-bond acceptors (Lipinski definition) is 0. The van der Waals surface area contributed by atoms with Crippen LogP contribution in [0, 0.1) is 11.3 Å². The van der Waals surface area contributed by atoms with Gasteiger partial charge in [0.15, 0.2) is 0 Å². The lowest BCUT2D eigenvalue weighted by atomic mass is 9.77. The lowest BCUT2D eigenvalue weighted by Crippen LogP contribution is -2.15. The molecule has 0 saturated heterocycles. The fourth-order valence-electron chi connectivity index (χ4n) is 2.40. The Hall–Kier alpha value is -0.260. The summed E-state index contributed by atoms with van der Waals surface area (Å²) >= 11 is 0. The molecule has 0 aromatic carbocycles. The fourth-order valence-corrected chi connectivity index (χ4v) is 2.40. The maximum atomic E-state index is 2.57. The van der Waals surface area contributed by atoms with Crippen LogP contribution in [-0.4, -0.2) is 0 Å². The molecule has 90 valence electrons. The molecule has 0 fully saturated rings. The maximum absolute atomic E-state index is 2.57. The van der Waals surface area contributed by atoms with Gasteiger partial charge >= 0.3 is 0 Å². The van der Waals surface area contributed by atoms with Gasteiger partial charge in [0.05, 0.1) is 0 Å². The third-order valence-corrected chi connectivity index (χ3v) is 3.26. The lowest BCUT2D eigenvalue weighted by Gasteiger charge is -2.28. The second-order valence-corrected chi connectivity index (χ2v) is 5.51. The van der Waals surface area contributed by atoms with Crippen LogP contribution in [-0.2, 0) is 0 Å². The minimum atomic E-state index is 0.425. The van der Waals surface area contributed by atoms with E-state index in [0.717, 1.165) is 5.92 Å². The molecule has 1 unspecified atom stereocenters. The Morgan fingerprint density at radius 1 is 1.20 bits per heavy atom. The first-order chi connectivity index (χ1) is 6.97. The topological polar surface area (TPSA) is 0 Å². The van der Waals surface area contributed by atoms with Gasteiger partial charge in [-0.2, -0.15) is 0 Å². The van der Waals surface area contributed by atoms with Crippen molar-refractivity contribution >= 4 is 0 Å². The summed E-state index contributed by atoms with van der Waals surface area (Å²) in [5.41, 5.74) is 2.08. The Morgan fingerprint density at radius 3 is 2.13 bits per heavy atom. The highest BCUT2D eigenvalue weighted by molar-refractivity contribution is 5.08. The van der Waals surface area contributed by atoms with E-state index in [-0.39, 0.29) is 0 Å². The van der Waals surface area contributed by atoms with Crippen molar-refractivity contribution in [1.82, 2.24) is 0 Å². The molecule has 0 radical (unpaired) electrons. The molecule has 0 rings (SSSR count). The summed E-state index contributed by atoms with van der Waals surface area (Å²) < 4.78 is 0. The van der Waals surface area contributed by atoms with E-state index in [1.807, 2.05) is 0 Å². The molecule has 0 bridgehead atoms. The molecular formula is C15H30. The molecule has 0 aromatic heterocycles. The van der Waals surface area contributed by atoms with E-state index < -0.39 is 0 Å². The van der Waals surface area contributed by atoms with Crippen LogP contribution in [0.1, 0.15) is 73.6 Å². The first-order valence-corrected chi connectivity index (χ1v) is 6.68. The SMILES string of the molecule is CCC/C(=C/C(C)(CC)CC(C)C)CC. The van der Waals surface area contributed by atoms with E-state index >= 15 is 0 Å². The molecule has 0 heteroatoms. The van der Waals surface area contributed by atoms with E-state index in [9.17, 15) is 0 Å². The van der Waals surface area contributed by atoms with Crippen LogP contribution < -0.4 is 0 Å². The third kappa shape index (κ3) is 6.02. The Balaban J connectivity index is 4.62. The fraction of sp³-hybridized carbons (Fsp3) is 0.867. The monoisotopic (exact) mass is 210 g/mol. The van der Waals surface area contributed by atoms with Crippen LogP contribution in [0.2, 0.25) is 0 Å². The predicted octanol–water partition coefficient (Wildman–Crippen LogP) is 5.59. The van der Waals surface area contributed by atoms with Gasteiger partial charge in [0.25, 0.3) is 0 Å². The quantitative estimate of drug-likeness (QED) is 0.481. The summed E-state index contributed by atoms with van der Waals surface area (Å²) in [5.74, 6) is 0.797. The Kier molecular flexibility index (Phi) is 6.96. The molecule has 0 saturated carbocycles. The zero-order valence-electron chi connectivity index (χ0n) is 11.7. The van der Waals surface area contributed by atoms with Gasteiger partial charge < -0.3 is 0 Å². The zero-order valence-corrected chi connectivity index (χ0v) is 11.7. The van der Waals surface area contributed by atoms with Crippen molar-refractivity contribution in [1.29, 1.82) is 0 Å². The van der Waals surface area contributed by atoms with Crippen LogP contribution in [0.3, 0.4) is 0 Å². The van der Waals surface area contributed by atoms with Gasteiger partial charge in [-0.15, -0.1) is 0 Å². The molecule has 0 amide bonds. The van der Waals surface area contributed by atoms with Crippen LogP contribution in [0.25, 0.3) is 0 Å². The Labute approximate surface area is 97.2 Å². The van der Waals surface area contributed by atoms with Crippen molar-refractivity contribution in [2.24, 2.45) is 11.3 Å². The second-order valence-electron chi connectivity index (χ2n) is 5.51. The molecule has 0 spiro atoms. The Bertz CT molecular complexity index is 188. The summed E-state index contributed by atoms with van der Waals surface area (Å²) in [6.07, 6.45) is 8.93. The highest BCUT2D eigenvalue weighted by Crippen LogP contribution is 2.33. The van der Waals surface area contributed by atoms with Crippen LogP contribution >= 0.6 is 0 Å². The highest BCUT2D eigenvalue weighted by Gasteiger charge is 2.20. The van der Waals surface area contributed by atoms with Crippen molar-refractivity contribution < 1.29 is 0 Å². The molecule has 0 nitrogen and oxygen atoms in total. The molecule has 0 aliphatic heterocycles. The van der Waals surface area contributed by atoms with Gasteiger partial charge in [-0.05, 0) is 37.0 Å². The Morgan fingerprint density at radius 2 is 1.80 bits per heavy atom. The normalized spacial score (nSPS) is 16.9. The van der Waals surface area contributed by atoms with Crippen LogP contribution in [0.5, 0.6) is 0 Å². The van der Waals surface area contributed by atoms with Crippen LogP contribution in [0.4, 0.5) is 0 Å². The van der Waals surface area contributed by atoms with Gasteiger partial charge in [0.2, 0.25) is 0 Å². The third-order valence-electron chi connectivity index (χ3n) is 3.26. The first kappa shape index (κ1) is 14.7. The number of hydrogen-bond donors (Lipinski definition) is 0. The first-order valence-electron chi connectivity index (χ1n) is 6.68. The average molecular weight is 210 g/mol. The van der Waals surface area contributed by atoms with E-state index in [0.29, 0.717) is 5.41 Å². The van der Waals surface area contributed by atoms with Gasteiger partial charge in [0, 0.05) is 0 Å². The largest absolute Gasteiger partial charge is 0.0794 e. The van der Waals surface area contributed by atoms with E-state index in [4.69, 9.17) is 0 Å². The number of allylic oxidation sites excluding steroid dienone is 2. The standard InChI is InChI=1S/C15H30/c1-7-10-14(8-2)12-15(6,9-3)11-13(4)5/h12-13H,7-11H2,1-6H3/b14-12+. The molecule has 0 aromatic rings. The van der Waals surface area contributed by atoms with E-state index in [2.05, 4.69) is 47.6 Å². The van der Waals surface area contributed by atoms with Crippen molar-refractivity contribution in [2.75, 3.05) is 0 Å². The summed E-state index contributed by atoms with van der Waals surface area (Å²) in [7, 11) is 0. The average Bonchev–Trinajstić information content (AvgIpc) is 2.16. The minimum Gasteiger partial charge on any atom is -0.0794 e. The zero-order chi connectivity index (χ0) is 11.9. The summed E-state index contributed by atoms with van der Waals surface area (Å²) in [4.78, 5) is 0. The van der Waals surface area contributed by atoms with E-state index in [1.54, 1.807) is 5.57 Å². The minimum absolute atomic E-state index is 0.425.